The first-order valence-electron chi connectivity index (χ1n) is 21.2. The molecule has 1 heteroatoms. The second-order valence-electron chi connectivity index (χ2n) is 16.2. The summed E-state index contributed by atoms with van der Waals surface area (Å²) in [5, 5.41) is 2.50. The molecule has 1 aliphatic carbocycles. The lowest BCUT2D eigenvalue weighted by Crippen LogP contribution is -2.22. The van der Waals surface area contributed by atoms with Crippen LogP contribution in [0.5, 0.6) is 0 Å². The number of nitrogens with zero attached hydrogens (tertiary/aromatic N) is 1. The standard InChI is InChI=1S/C60H43N/c1-60(49-21-6-3-7-22-49)55-27-14-12-26-54(55)59-56(60)28-16-30-58(59)61(50-39-37-45(38-40-50)52-24-11-10-23-51(52)44-18-4-2-5-19-44)57-29-15-13-25-53(57)46-34-31-43(32-35-46)48-36-33-42-17-8-9-20-47(42)41-48/h2-41H,1H3. The van der Waals surface area contributed by atoms with Crippen LogP contribution < -0.4 is 4.90 Å². The summed E-state index contributed by atoms with van der Waals surface area (Å²) in [6.45, 7) is 2.39. The lowest BCUT2D eigenvalue weighted by atomic mass is 9.74. The predicted octanol–water partition coefficient (Wildman–Crippen LogP) is 16.3. The van der Waals surface area contributed by atoms with Gasteiger partial charge in [-0.15, -0.1) is 0 Å². The van der Waals surface area contributed by atoms with Crippen LogP contribution in [0.25, 0.3) is 66.4 Å². The Morgan fingerprint density at radius 2 is 0.803 bits per heavy atom. The second kappa shape index (κ2) is 15.1. The average molecular weight is 778 g/mol. The molecule has 1 nitrogen and oxygen atoms in total. The van der Waals surface area contributed by atoms with E-state index in [4.69, 9.17) is 0 Å². The van der Waals surface area contributed by atoms with Gasteiger partial charge in [0.25, 0.3) is 0 Å². The smallest absolute Gasteiger partial charge is 0.0543 e. The third kappa shape index (κ3) is 6.26. The van der Waals surface area contributed by atoms with E-state index in [1.54, 1.807) is 0 Å². The molecule has 0 amide bonds. The van der Waals surface area contributed by atoms with Crippen LogP contribution in [-0.2, 0) is 5.41 Å². The fourth-order valence-electron chi connectivity index (χ4n) is 9.72. The van der Waals surface area contributed by atoms with Gasteiger partial charge in [-0.25, -0.2) is 0 Å². The van der Waals surface area contributed by atoms with Gasteiger partial charge in [-0.05, 0) is 109 Å². The van der Waals surface area contributed by atoms with Gasteiger partial charge < -0.3 is 4.90 Å². The Bertz CT molecular complexity index is 3180. The minimum absolute atomic E-state index is 0.321. The Balaban J connectivity index is 1.09. The molecule has 1 unspecified atom stereocenters. The highest BCUT2D eigenvalue weighted by atomic mass is 15.1. The van der Waals surface area contributed by atoms with Crippen LogP contribution >= 0.6 is 0 Å². The van der Waals surface area contributed by atoms with Gasteiger partial charge in [-0.2, -0.15) is 0 Å². The minimum atomic E-state index is -0.321. The third-order valence-electron chi connectivity index (χ3n) is 12.8. The van der Waals surface area contributed by atoms with Crippen molar-refractivity contribution >= 4 is 27.8 Å². The van der Waals surface area contributed by atoms with Crippen molar-refractivity contribution in [1.82, 2.24) is 0 Å². The summed E-state index contributed by atoms with van der Waals surface area (Å²) in [7, 11) is 0. The van der Waals surface area contributed by atoms with Crippen molar-refractivity contribution in [1.29, 1.82) is 0 Å². The SMILES string of the molecule is CC1(c2ccccc2)c2ccccc2-c2c(N(c3ccc(-c4ccccc4-c4ccccc4)cc3)c3ccccc3-c3ccc(-c4ccc5ccccc5c4)cc3)cccc21. The van der Waals surface area contributed by atoms with E-state index >= 15 is 0 Å². The molecule has 0 aliphatic heterocycles. The first kappa shape index (κ1) is 36.3. The van der Waals surface area contributed by atoms with E-state index in [1.165, 1.54) is 83.1 Å². The number of para-hydroxylation sites is 1. The first-order valence-corrected chi connectivity index (χ1v) is 21.2. The molecular weight excluding hydrogens is 735 g/mol. The zero-order valence-corrected chi connectivity index (χ0v) is 34.0. The monoisotopic (exact) mass is 777 g/mol. The highest BCUT2D eigenvalue weighted by molar-refractivity contribution is 5.99. The first-order chi connectivity index (χ1) is 30.1. The molecule has 0 radical (unpaired) electrons. The van der Waals surface area contributed by atoms with Gasteiger partial charge in [0.05, 0.1) is 11.4 Å². The van der Waals surface area contributed by atoms with Gasteiger partial charge in [0, 0.05) is 22.2 Å². The van der Waals surface area contributed by atoms with Gasteiger partial charge in [0.15, 0.2) is 0 Å². The van der Waals surface area contributed by atoms with E-state index < -0.39 is 0 Å². The maximum atomic E-state index is 2.49. The number of benzene rings is 10. The van der Waals surface area contributed by atoms with Gasteiger partial charge >= 0.3 is 0 Å². The number of hydrogen-bond acceptors (Lipinski definition) is 1. The summed E-state index contributed by atoms with van der Waals surface area (Å²) in [6, 6.07) is 88.7. The Morgan fingerprint density at radius 1 is 0.311 bits per heavy atom. The van der Waals surface area contributed by atoms with Crippen LogP contribution in [0, 0.1) is 0 Å². The van der Waals surface area contributed by atoms with E-state index in [-0.39, 0.29) is 5.41 Å². The summed E-state index contributed by atoms with van der Waals surface area (Å²) < 4.78 is 0. The fraction of sp³-hybridized carbons (Fsp3) is 0.0333. The van der Waals surface area contributed by atoms with Crippen LogP contribution in [0.4, 0.5) is 17.1 Å². The number of hydrogen-bond donors (Lipinski definition) is 0. The minimum Gasteiger partial charge on any atom is -0.309 e. The molecule has 0 N–H and O–H groups in total. The van der Waals surface area contributed by atoms with Gasteiger partial charge in [-0.1, -0.05) is 212 Å². The third-order valence-corrected chi connectivity index (χ3v) is 12.8. The highest BCUT2D eigenvalue weighted by Crippen LogP contribution is 2.57. The van der Waals surface area contributed by atoms with Crippen molar-refractivity contribution in [3.63, 3.8) is 0 Å². The van der Waals surface area contributed by atoms with Crippen molar-refractivity contribution in [2.24, 2.45) is 0 Å². The Hall–Kier alpha value is -7.74. The molecule has 0 heterocycles. The fourth-order valence-corrected chi connectivity index (χ4v) is 9.72. The largest absolute Gasteiger partial charge is 0.309 e. The molecule has 1 aliphatic rings. The van der Waals surface area contributed by atoms with Crippen molar-refractivity contribution in [3.05, 3.63) is 259 Å². The zero-order chi connectivity index (χ0) is 40.8. The molecule has 61 heavy (non-hydrogen) atoms. The second-order valence-corrected chi connectivity index (χ2v) is 16.2. The maximum absolute atomic E-state index is 2.49. The molecule has 0 fully saturated rings. The Labute approximate surface area is 358 Å². The Kier molecular flexibility index (Phi) is 9.02. The summed E-state index contributed by atoms with van der Waals surface area (Å²) in [5.41, 5.74) is 19.1. The molecule has 1 atom stereocenters. The lowest BCUT2D eigenvalue weighted by molar-refractivity contribution is 0.714. The van der Waals surface area contributed by atoms with E-state index in [1.807, 2.05) is 0 Å². The normalized spacial score (nSPS) is 14.0. The summed E-state index contributed by atoms with van der Waals surface area (Å²) >= 11 is 0. The molecule has 288 valence electrons. The summed E-state index contributed by atoms with van der Waals surface area (Å²) in [6.07, 6.45) is 0. The Morgan fingerprint density at radius 3 is 1.54 bits per heavy atom. The van der Waals surface area contributed by atoms with Crippen molar-refractivity contribution in [3.8, 4) is 55.6 Å². The molecule has 0 aromatic heterocycles. The van der Waals surface area contributed by atoms with Crippen LogP contribution in [0.15, 0.2) is 243 Å². The van der Waals surface area contributed by atoms with Gasteiger partial charge in [0.1, 0.15) is 0 Å². The van der Waals surface area contributed by atoms with E-state index in [0.717, 1.165) is 17.1 Å². The van der Waals surface area contributed by atoms with Gasteiger partial charge in [-0.3, -0.25) is 0 Å². The predicted molar refractivity (Wildman–Crippen MR) is 258 cm³/mol. The summed E-state index contributed by atoms with van der Waals surface area (Å²) in [4.78, 5) is 2.49. The van der Waals surface area contributed by atoms with Crippen molar-refractivity contribution in [2.45, 2.75) is 12.3 Å². The highest BCUT2D eigenvalue weighted by Gasteiger charge is 2.42. The molecule has 0 bridgehead atoms. The number of anilines is 3. The van der Waals surface area contributed by atoms with Crippen LogP contribution in [-0.4, -0.2) is 0 Å². The number of rotatable bonds is 8. The molecule has 0 spiro atoms. The molecule has 11 rings (SSSR count). The quantitative estimate of drug-likeness (QED) is 0.149. The summed E-state index contributed by atoms with van der Waals surface area (Å²) in [5.74, 6) is 0. The van der Waals surface area contributed by atoms with E-state index in [0.29, 0.717) is 0 Å². The molecule has 10 aromatic carbocycles. The molecular formula is C60H43N. The lowest BCUT2D eigenvalue weighted by Gasteiger charge is -2.31. The number of fused-ring (bicyclic) bond motifs is 4. The van der Waals surface area contributed by atoms with Crippen molar-refractivity contribution in [2.75, 3.05) is 4.90 Å². The van der Waals surface area contributed by atoms with Gasteiger partial charge in [0.2, 0.25) is 0 Å². The zero-order valence-electron chi connectivity index (χ0n) is 34.0. The topological polar surface area (TPSA) is 3.24 Å². The van der Waals surface area contributed by atoms with Crippen LogP contribution in [0.3, 0.4) is 0 Å². The molecule has 0 saturated heterocycles. The maximum Gasteiger partial charge on any atom is 0.0543 e. The average Bonchev–Trinajstić information content (AvgIpc) is 3.61. The molecule has 10 aromatic rings. The molecule has 0 saturated carbocycles. The van der Waals surface area contributed by atoms with Crippen LogP contribution in [0.1, 0.15) is 23.6 Å². The van der Waals surface area contributed by atoms with E-state index in [9.17, 15) is 0 Å². The van der Waals surface area contributed by atoms with Crippen molar-refractivity contribution < 1.29 is 0 Å². The van der Waals surface area contributed by atoms with Crippen LogP contribution in [0.2, 0.25) is 0 Å². The van der Waals surface area contributed by atoms with E-state index in [2.05, 4.69) is 254 Å².